The highest BCUT2D eigenvalue weighted by atomic mass is 16.2. The van der Waals surface area contributed by atoms with Crippen LogP contribution in [0.2, 0.25) is 0 Å². The van der Waals surface area contributed by atoms with Gasteiger partial charge in [-0.3, -0.25) is 14.8 Å². The SMILES string of the molecule is N#Cc1c(-c2ccccc2)nc2[nH]c(=O)[nH]c(=O)c2c1-c1ccccc1. The van der Waals surface area contributed by atoms with Crippen LogP contribution in [0.5, 0.6) is 0 Å². The first-order chi connectivity index (χ1) is 12.7. The zero-order chi connectivity index (χ0) is 18.1. The molecule has 0 saturated heterocycles. The fourth-order valence-corrected chi connectivity index (χ4v) is 3.01. The van der Waals surface area contributed by atoms with Gasteiger partial charge in [0.25, 0.3) is 5.56 Å². The van der Waals surface area contributed by atoms with Crippen LogP contribution in [0.1, 0.15) is 5.56 Å². The van der Waals surface area contributed by atoms with Gasteiger partial charge in [0, 0.05) is 11.1 Å². The van der Waals surface area contributed by atoms with Gasteiger partial charge in [0.05, 0.1) is 16.6 Å². The van der Waals surface area contributed by atoms with E-state index in [4.69, 9.17) is 0 Å². The molecular formula is C20H12N4O2. The molecule has 0 atom stereocenters. The summed E-state index contributed by atoms with van der Waals surface area (Å²) >= 11 is 0. The normalized spacial score (nSPS) is 10.6. The molecule has 2 aromatic carbocycles. The van der Waals surface area contributed by atoms with Crippen molar-refractivity contribution in [3.8, 4) is 28.5 Å². The van der Waals surface area contributed by atoms with Gasteiger partial charge in [-0.05, 0) is 5.56 Å². The maximum atomic E-state index is 12.5. The Morgan fingerprint density at radius 3 is 2.08 bits per heavy atom. The predicted molar refractivity (Wildman–Crippen MR) is 98.6 cm³/mol. The molecule has 0 spiro atoms. The molecule has 0 bridgehead atoms. The van der Waals surface area contributed by atoms with Crippen molar-refractivity contribution in [2.45, 2.75) is 0 Å². The van der Waals surface area contributed by atoms with Gasteiger partial charge in [-0.2, -0.15) is 5.26 Å². The van der Waals surface area contributed by atoms with Crippen molar-refractivity contribution in [2.75, 3.05) is 0 Å². The number of benzene rings is 2. The van der Waals surface area contributed by atoms with Crippen LogP contribution in [-0.2, 0) is 0 Å². The third-order valence-electron chi connectivity index (χ3n) is 4.10. The smallest absolute Gasteiger partial charge is 0.291 e. The summed E-state index contributed by atoms with van der Waals surface area (Å²) < 4.78 is 0. The number of aromatic amines is 2. The van der Waals surface area contributed by atoms with Crippen molar-refractivity contribution in [1.82, 2.24) is 15.0 Å². The van der Waals surface area contributed by atoms with Crippen LogP contribution >= 0.6 is 0 Å². The number of fused-ring (bicyclic) bond motifs is 1. The highest BCUT2D eigenvalue weighted by Crippen LogP contribution is 2.34. The lowest BCUT2D eigenvalue weighted by Gasteiger charge is -2.12. The van der Waals surface area contributed by atoms with E-state index in [1.165, 1.54) is 0 Å². The van der Waals surface area contributed by atoms with Crippen LogP contribution in [0.15, 0.2) is 70.3 Å². The Balaban J connectivity index is 2.24. The molecule has 124 valence electrons. The van der Waals surface area contributed by atoms with Crippen LogP contribution < -0.4 is 11.2 Å². The van der Waals surface area contributed by atoms with Crippen molar-refractivity contribution in [3.05, 3.63) is 87.1 Å². The standard InChI is InChI=1S/C20H12N4O2/c21-11-14-15(12-7-3-1-4-8-12)16-18(23-20(26)24-19(16)25)22-17(14)13-9-5-2-6-10-13/h1-10H,(H2,22,23,24,25,26). The average Bonchev–Trinajstić information content (AvgIpc) is 2.67. The second-order valence-corrected chi connectivity index (χ2v) is 5.69. The molecule has 4 aromatic rings. The zero-order valence-electron chi connectivity index (χ0n) is 13.5. The number of nitrogens with zero attached hydrogens (tertiary/aromatic N) is 2. The first-order valence-electron chi connectivity index (χ1n) is 7.90. The molecule has 6 nitrogen and oxygen atoms in total. The number of hydrogen-bond donors (Lipinski definition) is 2. The second-order valence-electron chi connectivity index (χ2n) is 5.69. The molecule has 0 aliphatic carbocycles. The van der Waals surface area contributed by atoms with Gasteiger partial charge in [0.15, 0.2) is 0 Å². The molecule has 26 heavy (non-hydrogen) atoms. The summed E-state index contributed by atoms with van der Waals surface area (Å²) in [4.78, 5) is 33.4. The zero-order valence-corrected chi connectivity index (χ0v) is 13.5. The Labute approximate surface area is 147 Å². The average molecular weight is 340 g/mol. The van der Waals surface area contributed by atoms with E-state index < -0.39 is 11.2 Å². The van der Waals surface area contributed by atoms with Crippen LogP contribution in [0.25, 0.3) is 33.4 Å². The molecule has 4 rings (SSSR count). The number of pyridine rings is 1. The summed E-state index contributed by atoms with van der Waals surface area (Å²) in [5, 5.41) is 10.0. The Kier molecular flexibility index (Phi) is 3.67. The van der Waals surface area contributed by atoms with Crippen molar-refractivity contribution < 1.29 is 0 Å². The van der Waals surface area contributed by atoms with Gasteiger partial charge >= 0.3 is 5.69 Å². The van der Waals surface area contributed by atoms with E-state index in [0.29, 0.717) is 16.8 Å². The predicted octanol–water partition coefficient (Wildman–Crippen LogP) is 2.82. The van der Waals surface area contributed by atoms with Crippen molar-refractivity contribution >= 4 is 11.0 Å². The number of H-pyrrole nitrogens is 2. The highest BCUT2D eigenvalue weighted by Gasteiger charge is 2.20. The van der Waals surface area contributed by atoms with Crippen LogP contribution in [0, 0.1) is 11.3 Å². The van der Waals surface area contributed by atoms with E-state index in [1.807, 2.05) is 60.7 Å². The van der Waals surface area contributed by atoms with Crippen LogP contribution in [0.4, 0.5) is 0 Å². The van der Waals surface area contributed by atoms with Gasteiger partial charge in [0.1, 0.15) is 11.7 Å². The van der Waals surface area contributed by atoms with Gasteiger partial charge in [-0.1, -0.05) is 60.7 Å². The molecule has 0 fully saturated rings. The molecule has 0 radical (unpaired) electrons. The van der Waals surface area contributed by atoms with E-state index >= 15 is 0 Å². The van der Waals surface area contributed by atoms with E-state index in [0.717, 1.165) is 5.56 Å². The first kappa shape index (κ1) is 15.5. The molecule has 2 N–H and O–H groups in total. The third kappa shape index (κ3) is 2.48. The minimum absolute atomic E-state index is 0.149. The maximum absolute atomic E-state index is 12.5. The molecule has 0 saturated carbocycles. The van der Waals surface area contributed by atoms with E-state index in [-0.39, 0.29) is 16.6 Å². The molecule has 0 unspecified atom stereocenters. The number of aromatic nitrogens is 3. The lowest BCUT2D eigenvalue weighted by molar-refractivity contribution is 1.06. The summed E-state index contributed by atoms with van der Waals surface area (Å²) in [5.74, 6) is 0. The molecular weight excluding hydrogens is 328 g/mol. The fourth-order valence-electron chi connectivity index (χ4n) is 3.01. The van der Waals surface area contributed by atoms with Gasteiger partial charge in [-0.15, -0.1) is 0 Å². The minimum Gasteiger partial charge on any atom is -0.291 e. The molecule has 0 amide bonds. The Bertz CT molecular complexity index is 1270. The largest absolute Gasteiger partial charge is 0.327 e. The molecule has 0 aliphatic heterocycles. The van der Waals surface area contributed by atoms with Crippen LogP contribution in [-0.4, -0.2) is 15.0 Å². The topological polar surface area (TPSA) is 102 Å². The van der Waals surface area contributed by atoms with Crippen molar-refractivity contribution in [1.29, 1.82) is 5.26 Å². The van der Waals surface area contributed by atoms with Gasteiger partial charge < -0.3 is 0 Å². The number of nitriles is 1. The Morgan fingerprint density at radius 2 is 1.46 bits per heavy atom. The van der Waals surface area contributed by atoms with Gasteiger partial charge in [0.2, 0.25) is 0 Å². The molecule has 2 heterocycles. The lowest BCUT2D eigenvalue weighted by Crippen LogP contribution is -2.23. The van der Waals surface area contributed by atoms with E-state index in [1.54, 1.807) is 0 Å². The summed E-state index contributed by atoms with van der Waals surface area (Å²) in [6.07, 6.45) is 0. The van der Waals surface area contributed by atoms with E-state index in [9.17, 15) is 14.9 Å². The Hall–Kier alpha value is -3.98. The lowest BCUT2D eigenvalue weighted by atomic mass is 9.94. The third-order valence-corrected chi connectivity index (χ3v) is 4.10. The summed E-state index contributed by atoms with van der Waals surface area (Å²) in [6, 6.07) is 20.5. The second kappa shape index (κ2) is 6.15. The molecule has 6 heteroatoms. The Morgan fingerprint density at radius 1 is 0.846 bits per heavy atom. The maximum Gasteiger partial charge on any atom is 0.327 e. The van der Waals surface area contributed by atoms with Crippen LogP contribution in [0.3, 0.4) is 0 Å². The summed E-state index contributed by atoms with van der Waals surface area (Å²) in [6.45, 7) is 0. The first-order valence-corrected chi connectivity index (χ1v) is 7.90. The van der Waals surface area contributed by atoms with Gasteiger partial charge in [-0.25, -0.2) is 9.78 Å². The monoisotopic (exact) mass is 340 g/mol. The minimum atomic E-state index is -0.641. The van der Waals surface area contributed by atoms with Crippen molar-refractivity contribution in [2.24, 2.45) is 0 Å². The summed E-state index contributed by atoms with van der Waals surface area (Å²) in [7, 11) is 0. The quantitative estimate of drug-likeness (QED) is 0.585. The highest BCUT2D eigenvalue weighted by molar-refractivity contribution is 5.98. The van der Waals surface area contributed by atoms with E-state index in [2.05, 4.69) is 21.0 Å². The fraction of sp³-hybridized carbons (Fsp3) is 0. The number of nitrogens with one attached hydrogen (secondary N) is 2. The number of hydrogen-bond acceptors (Lipinski definition) is 4. The molecule has 2 aromatic heterocycles. The molecule has 0 aliphatic rings. The summed E-state index contributed by atoms with van der Waals surface area (Å²) in [5.41, 5.74) is 1.51. The number of rotatable bonds is 2. The van der Waals surface area contributed by atoms with Crippen molar-refractivity contribution in [3.63, 3.8) is 0 Å².